The van der Waals surface area contributed by atoms with Crippen molar-refractivity contribution in [2.45, 2.75) is 51.3 Å². The summed E-state index contributed by atoms with van der Waals surface area (Å²) in [4.78, 5) is 12.2. The monoisotopic (exact) mass is 349 g/mol. The molecule has 0 aliphatic heterocycles. The molecule has 1 saturated carbocycles. The van der Waals surface area contributed by atoms with Crippen LogP contribution >= 0.6 is 11.8 Å². The molecule has 0 spiro atoms. The summed E-state index contributed by atoms with van der Waals surface area (Å²) in [6.07, 6.45) is 5.08. The van der Waals surface area contributed by atoms with Gasteiger partial charge in [0.15, 0.2) is 0 Å². The van der Waals surface area contributed by atoms with Crippen molar-refractivity contribution in [2.24, 2.45) is 11.8 Å². The standard InChI is InChI=1S/C17H23N3O3S/c1-10-5-4-6-14(11(10)2)18-15(21)9-24-17-20-19-16(23-17)13-7-8-22-12(13)3/h7-8,10-11,14H,4-6,9H2,1-3H3,(H,18,21)/t10-,11+,14-/m1/s1. The van der Waals surface area contributed by atoms with Crippen molar-refractivity contribution in [3.8, 4) is 11.5 Å². The van der Waals surface area contributed by atoms with Crippen LogP contribution in [0.15, 0.2) is 26.4 Å². The molecule has 2 heterocycles. The number of carbonyl (C=O) groups excluding carboxylic acids is 1. The molecule has 24 heavy (non-hydrogen) atoms. The van der Waals surface area contributed by atoms with E-state index in [2.05, 4.69) is 29.4 Å². The summed E-state index contributed by atoms with van der Waals surface area (Å²) in [6.45, 7) is 6.32. The molecule has 0 saturated heterocycles. The molecule has 7 heteroatoms. The third-order valence-electron chi connectivity index (χ3n) is 4.88. The summed E-state index contributed by atoms with van der Waals surface area (Å²) < 4.78 is 10.8. The number of thioether (sulfide) groups is 1. The Kier molecular flexibility index (Phi) is 5.28. The lowest BCUT2D eigenvalue weighted by atomic mass is 9.78. The van der Waals surface area contributed by atoms with E-state index in [4.69, 9.17) is 8.83 Å². The number of nitrogens with zero attached hydrogens (tertiary/aromatic N) is 2. The van der Waals surface area contributed by atoms with Crippen LogP contribution in [0.2, 0.25) is 0 Å². The molecule has 2 aromatic heterocycles. The smallest absolute Gasteiger partial charge is 0.277 e. The van der Waals surface area contributed by atoms with Gasteiger partial charge in [-0.1, -0.05) is 38.5 Å². The van der Waals surface area contributed by atoms with Gasteiger partial charge in [-0.2, -0.15) is 0 Å². The predicted molar refractivity (Wildman–Crippen MR) is 91.6 cm³/mol. The van der Waals surface area contributed by atoms with Gasteiger partial charge in [-0.15, -0.1) is 10.2 Å². The number of rotatable bonds is 5. The van der Waals surface area contributed by atoms with Gasteiger partial charge in [-0.25, -0.2) is 0 Å². The second-order valence-corrected chi connectivity index (χ2v) is 7.42. The fourth-order valence-electron chi connectivity index (χ4n) is 3.15. The number of carbonyl (C=O) groups is 1. The van der Waals surface area contributed by atoms with Gasteiger partial charge in [0.05, 0.1) is 17.6 Å². The zero-order valence-electron chi connectivity index (χ0n) is 14.2. The SMILES string of the molecule is Cc1occc1-c1nnc(SCC(=O)N[C@@H]2CCC[C@@H](C)[C@@H]2C)o1. The van der Waals surface area contributed by atoms with Crippen molar-refractivity contribution in [1.82, 2.24) is 15.5 Å². The molecule has 1 fully saturated rings. The van der Waals surface area contributed by atoms with E-state index in [0.29, 0.717) is 22.9 Å². The van der Waals surface area contributed by atoms with E-state index in [1.807, 2.05) is 6.92 Å². The molecule has 1 amide bonds. The fourth-order valence-corrected chi connectivity index (χ4v) is 3.72. The van der Waals surface area contributed by atoms with E-state index in [-0.39, 0.29) is 17.7 Å². The summed E-state index contributed by atoms with van der Waals surface area (Å²) in [6, 6.07) is 2.06. The van der Waals surface area contributed by atoms with Crippen molar-refractivity contribution < 1.29 is 13.6 Å². The molecule has 1 aliphatic carbocycles. The lowest BCUT2D eigenvalue weighted by Crippen LogP contribution is -2.44. The molecular weight excluding hydrogens is 326 g/mol. The topological polar surface area (TPSA) is 81.2 Å². The Morgan fingerprint density at radius 2 is 2.21 bits per heavy atom. The minimum absolute atomic E-state index is 0.0187. The lowest BCUT2D eigenvalue weighted by molar-refractivity contribution is -0.120. The molecule has 0 unspecified atom stereocenters. The van der Waals surface area contributed by atoms with Gasteiger partial charge >= 0.3 is 0 Å². The van der Waals surface area contributed by atoms with Crippen LogP contribution in [0.5, 0.6) is 0 Å². The van der Waals surface area contributed by atoms with Gasteiger partial charge in [-0.3, -0.25) is 4.79 Å². The van der Waals surface area contributed by atoms with Crippen LogP contribution in [0.4, 0.5) is 0 Å². The second-order valence-electron chi connectivity index (χ2n) is 6.49. The Balaban J connectivity index is 1.52. The molecule has 130 valence electrons. The Morgan fingerprint density at radius 1 is 1.38 bits per heavy atom. The van der Waals surface area contributed by atoms with Crippen molar-refractivity contribution in [3.63, 3.8) is 0 Å². The number of furan rings is 1. The Morgan fingerprint density at radius 3 is 2.96 bits per heavy atom. The van der Waals surface area contributed by atoms with Crippen LogP contribution < -0.4 is 5.32 Å². The van der Waals surface area contributed by atoms with E-state index >= 15 is 0 Å². The van der Waals surface area contributed by atoms with Crippen LogP contribution in [-0.2, 0) is 4.79 Å². The molecule has 3 atom stereocenters. The third-order valence-corrected chi connectivity index (χ3v) is 5.69. The number of aromatic nitrogens is 2. The van der Waals surface area contributed by atoms with E-state index in [1.54, 1.807) is 12.3 Å². The molecule has 2 aromatic rings. The second kappa shape index (κ2) is 7.42. The molecule has 3 rings (SSSR count). The predicted octanol–water partition coefficient (Wildman–Crippen LogP) is 3.67. The molecule has 1 N–H and O–H groups in total. The van der Waals surface area contributed by atoms with Gasteiger partial charge in [0.25, 0.3) is 11.1 Å². The number of hydrogen-bond donors (Lipinski definition) is 1. The first-order valence-electron chi connectivity index (χ1n) is 8.34. The first-order valence-corrected chi connectivity index (χ1v) is 9.33. The minimum Gasteiger partial charge on any atom is -0.469 e. The fraction of sp³-hybridized carbons (Fsp3) is 0.588. The summed E-state index contributed by atoms with van der Waals surface area (Å²) in [7, 11) is 0. The van der Waals surface area contributed by atoms with Gasteiger partial charge in [0.2, 0.25) is 5.91 Å². The summed E-state index contributed by atoms with van der Waals surface area (Å²) in [5.74, 6) is 2.63. The molecule has 1 aliphatic rings. The molecule has 0 bridgehead atoms. The number of nitrogens with one attached hydrogen (secondary N) is 1. The quantitative estimate of drug-likeness (QED) is 0.830. The molecule has 0 aromatic carbocycles. The van der Waals surface area contributed by atoms with Crippen molar-refractivity contribution in [3.05, 3.63) is 18.1 Å². The highest BCUT2D eigenvalue weighted by Crippen LogP contribution is 2.30. The van der Waals surface area contributed by atoms with Crippen LogP contribution in [0.1, 0.15) is 38.9 Å². The molecule has 6 nitrogen and oxygen atoms in total. The first kappa shape index (κ1) is 17.1. The van der Waals surface area contributed by atoms with Gasteiger partial charge in [-0.05, 0) is 31.2 Å². The van der Waals surface area contributed by atoms with Crippen molar-refractivity contribution >= 4 is 17.7 Å². The van der Waals surface area contributed by atoms with Crippen molar-refractivity contribution in [2.75, 3.05) is 5.75 Å². The lowest BCUT2D eigenvalue weighted by Gasteiger charge is -2.34. The van der Waals surface area contributed by atoms with Crippen LogP contribution in [0, 0.1) is 18.8 Å². The molecule has 0 radical (unpaired) electrons. The van der Waals surface area contributed by atoms with Gasteiger partial charge in [0.1, 0.15) is 5.76 Å². The Bertz CT molecular complexity index is 697. The molecular formula is C17H23N3O3S. The maximum atomic E-state index is 12.2. The normalized spacial score (nSPS) is 24.0. The third kappa shape index (κ3) is 3.83. The highest BCUT2D eigenvalue weighted by Gasteiger charge is 2.28. The Labute approximate surface area is 145 Å². The largest absolute Gasteiger partial charge is 0.469 e. The summed E-state index contributed by atoms with van der Waals surface area (Å²) >= 11 is 1.26. The van der Waals surface area contributed by atoms with Crippen LogP contribution in [0.25, 0.3) is 11.5 Å². The van der Waals surface area contributed by atoms with E-state index in [9.17, 15) is 4.79 Å². The average molecular weight is 349 g/mol. The number of hydrogen-bond acceptors (Lipinski definition) is 6. The van der Waals surface area contributed by atoms with Crippen LogP contribution in [-0.4, -0.2) is 27.9 Å². The number of amides is 1. The minimum atomic E-state index is 0.0187. The van der Waals surface area contributed by atoms with Crippen molar-refractivity contribution in [1.29, 1.82) is 0 Å². The first-order chi connectivity index (χ1) is 11.5. The van der Waals surface area contributed by atoms with E-state index in [0.717, 1.165) is 17.7 Å². The number of aryl methyl sites for hydroxylation is 1. The highest BCUT2D eigenvalue weighted by molar-refractivity contribution is 7.99. The Hall–Kier alpha value is -1.76. The maximum absolute atomic E-state index is 12.2. The highest BCUT2D eigenvalue weighted by atomic mass is 32.2. The summed E-state index contributed by atoms with van der Waals surface area (Å²) in [5, 5.41) is 11.5. The van der Waals surface area contributed by atoms with E-state index < -0.39 is 0 Å². The van der Waals surface area contributed by atoms with Crippen LogP contribution in [0.3, 0.4) is 0 Å². The van der Waals surface area contributed by atoms with Gasteiger partial charge in [0, 0.05) is 6.04 Å². The average Bonchev–Trinajstić information content (AvgIpc) is 3.18. The maximum Gasteiger partial charge on any atom is 0.277 e. The zero-order valence-corrected chi connectivity index (χ0v) is 15.1. The zero-order chi connectivity index (χ0) is 17.1. The van der Waals surface area contributed by atoms with Gasteiger partial charge < -0.3 is 14.2 Å². The summed E-state index contributed by atoms with van der Waals surface area (Å²) in [5.41, 5.74) is 0.781. The van der Waals surface area contributed by atoms with E-state index in [1.165, 1.54) is 24.6 Å².